The van der Waals surface area contributed by atoms with Crippen molar-refractivity contribution < 1.29 is 9.59 Å². The fraction of sp³-hybridized carbons (Fsp3) is 0.381. The number of nitrogens with zero attached hydrogens (tertiary/aromatic N) is 2. The van der Waals surface area contributed by atoms with Crippen LogP contribution in [0.25, 0.3) is 0 Å². The lowest BCUT2D eigenvalue weighted by Crippen LogP contribution is -2.52. The molecule has 1 unspecified atom stereocenters. The van der Waals surface area contributed by atoms with Gasteiger partial charge in [0, 0.05) is 61.0 Å². The number of aromatic nitrogens is 1. The van der Waals surface area contributed by atoms with Crippen LogP contribution < -0.4 is 16.2 Å². The average molecular weight is 415 g/mol. The number of likely N-dealkylation sites (tertiary alicyclic amines) is 1. The molecule has 1 aromatic carbocycles. The number of fused-ring (bicyclic) bond motifs is 4. The van der Waals surface area contributed by atoms with Gasteiger partial charge in [0.1, 0.15) is 0 Å². The van der Waals surface area contributed by atoms with Crippen LogP contribution in [0.15, 0.2) is 47.3 Å². The van der Waals surface area contributed by atoms with Gasteiger partial charge in [-0.25, -0.2) is 4.79 Å². The van der Waals surface area contributed by atoms with Gasteiger partial charge >= 0.3 is 6.03 Å². The lowest BCUT2D eigenvalue weighted by atomic mass is 9.83. The maximum Gasteiger partial charge on any atom is 0.317 e. The lowest BCUT2D eigenvalue weighted by Gasteiger charge is -2.42. The van der Waals surface area contributed by atoms with Gasteiger partial charge in [0.05, 0.1) is 0 Å². The first-order chi connectivity index (χ1) is 14.0. The SMILES string of the molecule is O=C(CCNC(=O)N1CC2C[C@H](C1)Cn1c2cccc1=O)Nc1cccc(Cl)c1. The van der Waals surface area contributed by atoms with Gasteiger partial charge in [0.2, 0.25) is 5.91 Å². The van der Waals surface area contributed by atoms with Gasteiger partial charge in [-0.2, -0.15) is 0 Å². The van der Waals surface area contributed by atoms with Crippen molar-refractivity contribution in [2.45, 2.75) is 25.3 Å². The summed E-state index contributed by atoms with van der Waals surface area (Å²) in [6.07, 6.45) is 1.17. The molecule has 3 heterocycles. The molecule has 0 radical (unpaired) electrons. The Labute approximate surface area is 173 Å². The predicted molar refractivity (Wildman–Crippen MR) is 111 cm³/mol. The molecule has 0 aliphatic carbocycles. The first-order valence-corrected chi connectivity index (χ1v) is 10.2. The minimum absolute atomic E-state index is 0.0285. The molecule has 2 aliphatic heterocycles. The summed E-state index contributed by atoms with van der Waals surface area (Å²) < 4.78 is 1.84. The van der Waals surface area contributed by atoms with Crippen molar-refractivity contribution in [2.24, 2.45) is 5.92 Å². The minimum Gasteiger partial charge on any atom is -0.337 e. The van der Waals surface area contributed by atoms with Crippen molar-refractivity contribution in [2.75, 3.05) is 25.0 Å². The maximum absolute atomic E-state index is 12.6. The van der Waals surface area contributed by atoms with Crippen LogP contribution in [-0.2, 0) is 11.3 Å². The molecule has 8 heteroatoms. The molecule has 29 heavy (non-hydrogen) atoms. The van der Waals surface area contributed by atoms with Crippen LogP contribution in [0.2, 0.25) is 5.02 Å². The Balaban J connectivity index is 1.29. The molecule has 1 saturated heterocycles. The van der Waals surface area contributed by atoms with E-state index in [-0.39, 0.29) is 42.3 Å². The van der Waals surface area contributed by atoms with E-state index >= 15 is 0 Å². The maximum atomic E-state index is 12.6. The Hall–Kier alpha value is -2.80. The minimum atomic E-state index is -0.184. The van der Waals surface area contributed by atoms with Crippen molar-refractivity contribution in [3.05, 3.63) is 63.5 Å². The van der Waals surface area contributed by atoms with Crippen LogP contribution in [0.3, 0.4) is 0 Å². The molecule has 0 spiro atoms. The number of benzene rings is 1. The number of amides is 3. The molecule has 2 atom stereocenters. The van der Waals surface area contributed by atoms with Crippen LogP contribution in [0.5, 0.6) is 0 Å². The van der Waals surface area contributed by atoms with Crippen LogP contribution in [0, 0.1) is 5.92 Å². The Morgan fingerprint density at radius 1 is 1.10 bits per heavy atom. The molecule has 2 aromatic rings. The van der Waals surface area contributed by atoms with E-state index in [0.29, 0.717) is 30.3 Å². The molecule has 2 N–H and O–H groups in total. The monoisotopic (exact) mass is 414 g/mol. The smallest absolute Gasteiger partial charge is 0.317 e. The fourth-order valence-electron chi connectivity index (χ4n) is 4.25. The zero-order chi connectivity index (χ0) is 20.4. The number of hydrogen-bond acceptors (Lipinski definition) is 3. The van der Waals surface area contributed by atoms with Gasteiger partial charge in [0.15, 0.2) is 0 Å². The first kappa shape index (κ1) is 19.5. The number of carbonyl (C=O) groups excluding carboxylic acids is 2. The summed E-state index contributed by atoms with van der Waals surface area (Å²) in [6.45, 7) is 2.11. The van der Waals surface area contributed by atoms with E-state index in [1.807, 2.05) is 10.6 Å². The van der Waals surface area contributed by atoms with Gasteiger partial charge in [-0.3, -0.25) is 9.59 Å². The fourth-order valence-corrected chi connectivity index (χ4v) is 4.44. The first-order valence-electron chi connectivity index (χ1n) is 9.77. The highest BCUT2D eigenvalue weighted by atomic mass is 35.5. The highest BCUT2D eigenvalue weighted by Crippen LogP contribution is 2.34. The molecular formula is C21H23ClN4O3. The highest BCUT2D eigenvalue weighted by Gasteiger charge is 2.36. The van der Waals surface area contributed by atoms with E-state index < -0.39 is 0 Å². The van der Waals surface area contributed by atoms with Gasteiger partial charge < -0.3 is 20.1 Å². The summed E-state index contributed by atoms with van der Waals surface area (Å²) in [7, 11) is 0. The van der Waals surface area contributed by atoms with Crippen molar-refractivity contribution in [3.63, 3.8) is 0 Å². The molecule has 1 aromatic heterocycles. The average Bonchev–Trinajstić information content (AvgIpc) is 2.68. The molecule has 152 valence electrons. The van der Waals surface area contributed by atoms with Crippen LogP contribution >= 0.6 is 11.6 Å². The second-order valence-electron chi connectivity index (χ2n) is 7.64. The van der Waals surface area contributed by atoms with E-state index in [2.05, 4.69) is 10.6 Å². The standard InChI is InChI=1S/C21H23ClN4O3/c22-16-3-1-4-17(10-16)24-19(27)7-8-23-21(29)25-11-14-9-15(13-25)18-5-2-6-20(28)26(18)12-14/h1-6,10,14-15H,7-9,11-13H2,(H,23,29)(H,24,27)/t14-,15?/m1/s1. The second kappa shape index (κ2) is 8.29. The number of anilines is 1. The summed E-state index contributed by atoms with van der Waals surface area (Å²) in [5.74, 6) is 0.267. The molecule has 2 aliphatic rings. The molecule has 1 fully saturated rings. The quantitative estimate of drug-likeness (QED) is 0.806. The lowest BCUT2D eigenvalue weighted by molar-refractivity contribution is -0.116. The zero-order valence-corrected chi connectivity index (χ0v) is 16.7. The van der Waals surface area contributed by atoms with Crippen molar-refractivity contribution in [1.29, 1.82) is 0 Å². The Morgan fingerprint density at radius 2 is 1.93 bits per heavy atom. The number of carbonyl (C=O) groups is 2. The summed E-state index contributed by atoms with van der Waals surface area (Å²) in [4.78, 5) is 38.5. The van der Waals surface area contributed by atoms with E-state index in [4.69, 9.17) is 11.6 Å². The molecule has 4 rings (SSSR count). The molecule has 7 nitrogen and oxygen atoms in total. The van der Waals surface area contributed by atoms with Crippen molar-refractivity contribution in [3.8, 4) is 0 Å². The molecule has 3 amide bonds. The summed E-state index contributed by atoms with van der Waals surface area (Å²) in [5, 5.41) is 6.15. The van der Waals surface area contributed by atoms with Crippen LogP contribution in [-0.4, -0.2) is 41.0 Å². The number of nitrogens with one attached hydrogen (secondary N) is 2. The molecular weight excluding hydrogens is 392 g/mol. The number of piperidine rings is 1. The Bertz CT molecular complexity index is 990. The van der Waals surface area contributed by atoms with Crippen molar-refractivity contribution >= 4 is 29.2 Å². The normalized spacial score (nSPS) is 20.0. The number of rotatable bonds is 4. The molecule has 0 saturated carbocycles. The topological polar surface area (TPSA) is 83.4 Å². The third-order valence-corrected chi connectivity index (χ3v) is 5.74. The number of pyridine rings is 1. The Kier molecular flexibility index (Phi) is 5.58. The van der Waals surface area contributed by atoms with Crippen molar-refractivity contribution in [1.82, 2.24) is 14.8 Å². The summed E-state index contributed by atoms with van der Waals surface area (Å²) in [6, 6.07) is 12.1. The summed E-state index contributed by atoms with van der Waals surface area (Å²) >= 11 is 5.91. The van der Waals surface area contributed by atoms with E-state index in [1.54, 1.807) is 41.3 Å². The van der Waals surface area contributed by atoms with E-state index in [1.165, 1.54) is 0 Å². The predicted octanol–water partition coefficient (Wildman–Crippen LogP) is 2.66. The van der Waals surface area contributed by atoms with E-state index in [9.17, 15) is 14.4 Å². The van der Waals surface area contributed by atoms with Crippen LogP contribution in [0.1, 0.15) is 24.5 Å². The van der Waals surface area contributed by atoms with Gasteiger partial charge in [-0.05, 0) is 36.6 Å². The third-order valence-electron chi connectivity index (χ3n) is 5.50. The largest absolute Gasteiger partial charge is 0.337 e. The third kappa shape index (κ3) is 4.45. The van der Waals surface area contributed by atoms with Gasteiger partial charge in [0.25, 0.3) is 5.56 Å². The number of urea groups is 1. The van der Waals surface area contributed by atoms with Gasteiger partial charge in [-0.1, -0.05) is 23.7 Å². The number of hydrogen-bond donors (Lipinski definition) is 2. The summed E-state index contributed by atoms with van der Waals surface area (Å²) in [5.41, 5.74) is 1.67. The van der Waals surface area contributed by atoms with Crippen LogP contribution in [0.4, 0.5) is 10.5 Å². The highest BCUT2D eigenvalue weighted by molar-refractivity contribution is 6.30. The van der Waals surface area contributed by atoms with Gasteiger partial charge in [-0.15, -0.1) is 0 Å². The number of halogens is 1. The zero-order valence-electron chi connectivity index (χ0n) is 15.9. The van der Waals surface area contributed by atoms with E-state index in [0.717, 1.165) is 12.1 Å². The molecule has 2 bridgehead atoms. The Morgan fingerprint density at radius 3 is 2.76 bits per heavy atom. The second-order valence-corrected chi connectivity index (χ2v) is 8.08.